The summed E-state index contributed by atoms with van der Waals surface area (Å²) >= 11 is 12.6. The lowest BCUT2D eigenvalue weighted by atomic mass is 9.67. The molecule has 4 heterocycles. The smallest absolute Gasteiger partial charge is 0.229 e. The molecule has 1 amide bonds. The van der Waals surface area contributed by atoms with Crippen molar-refractivity contribution in [2.24, 2.45) is 11.3 Å². The third-order valence-corrected chi connectivity index (χ3v) is 12.4. The zero-order chi connectivity index (χ0) is 32.2. The third kappa shape index (κ3) is 8.08. The molecule has 2 bridgehead atoms. The Hall–Kier alpha value is -1.90. The molecular weight excluding hydrogens is 613 g/mol. The molecule has 2 aromatic rings. The van der Waals surface area contributed by atoms with Crippen LogP contribution in [0, 0.1) is 11.3 Å². The summed E-state index contributed by atoms with van der Waals surface area (Å²) in [6, 6.07) is 14.4. The van der Waals surface area contributed by atoms with Gasteiger partial charge in [0.25, 0.3) is 0 Å². The number of fused-ring (bicyclic) bond motifs is 3. The normalized spacial score (nSPS) is 27.7. The first-order valence-corrected chi connectivity index (χ1v) is 18.3. The zero-order valence-corrected chi connectivity index (χ0v) is 29.2. The van der Waals surface area contributed by atoms with Gasteiger partial charge in [-0.15, -0.1) is 6.58 Å². The number of carbonyl (C=O) groups excluding carboxylic acids is 1. The van der Waals surface area contributed by atoms with Crippen molar-refractivity contribution in [3.63, 3.8) is 0 Å². The number of amides is 1. The summed E-state index contributed by atoms with van der Waals surface area (Å²) in [7, 11) is -3.42. The first-order valence-electron chi connectivity index (χ1n) is 15.9. The van der Waals surface area contributed by atoms with E-state index in [9.17, 15) is 13.2 Å². The van der Waals surface area contributed by atoms with Crippen molar-refractivity contribution in [1.82, 2.24) is 14.7 Å². The average Bonchev–Trinajstić information content (AvgIpc) is 2.99. The van der Waals surface area contributed by atoms with Gasteiger partial charge in [0, 0.05) is 61.3 Å². The Bertz CT molecular complexity index is 1370. The summed E-state index contributed by atoms with van der Waals surface area (Å²) in [5.74, 6) is -0.317. The Balaban J connectivity index is 0.000000470. The van der Waals surface area contributed by atoms with Crippen LogP contribution in [0.5, 0.6) is 0 Å². The van der Waals surface area contributed by atoms with Crippen LogP contribution >= 0.6 is 23.2 Å². The van der Waals surface area contributed by atoms with Crippen molar-refractivity contribution in [1.29, 1.82) is 0 Å². The Labute approximate surface area is 275 Å². The van der Waals surface area contributed by atoms with Gasteiger partial charge in [0.2, 0.25) is 5.91 Å². The Kier molecular flexibility index (Phi) is 11.7. The molecule has 0 aromatic heterocycles. The second kappa shape index (κ2) is 14.7. The van der Waals surface area contributed by atoms with E-state index in [2.05, 4.69) is 16.4 Å². The van der Waals surface area contributed by atoms with Crippen molar-refractivity contribution in [3.8, 4) is 0 Å². The Morgan fingerprint density at radius 1 is 0.909 bits per heavy atom. The highest BCUT2D eigenvalue weighted by Gasteiger charge is 2.52. The predicted octanol–water partition coefficient (Wildman–Crippen LogP) is 7.10. The molecule has 4 fully saturated rings. The molecular formula is C35H49Cl2N3O3S. The average molecular weight is 663 g/mol. The van der Waals surface area contributed by atoms with E-state index in [0.717, 1.165) is 11.1 Å². The van der Waals surface area contributed by atoms with Crippen molar-refractivity contribution in [3.05, 3.63) is 82.4 Å². The molecule has 4 aliphatic heterocycles. The van der Waals surface area contributed by atoms with Crippen LogP contribution in [0.15, 0.2) is 61.2 Å². The maximum Gasteiger partial charge on any atom is 0.229 e. The molecule has 44 heavy (non-hydrogen) atoms. The molecule has 6 nitrogen and oxygen atoms in total. The number of rotatable bonds is 9. The molecule has 0 saturated carbocycles. The third-order valence-electron chi connectivity index (χ3n) is 9.63. The largest absolute Gasteiger partial charge is 0.330 e. The molecule has 4 saturated heterocycles. The number of piperidine rings is 1. The summed E-state index contributed by atoms with van der Waals surface area (Å²) in [6.07, 6.45) is 2.86. The highest BCUT2D eigenvalue weighted by atomic mass is 35.5. The lowest BCUT2D eigenvalue weighted by Gasteiger charge is -2.53. The monoisotopic (exact) mass is 661 g/mol. The highest BCUT2D eigenvalue weighted by molar-refractivity contribution is 7.92. The van der Waals surface area contributed by atoms with Crippen LogP contribution in [0.3, 0.4) is 0 Å². The second-order valence-corrected chi connectivity index (χ2v) is 17.0. The lowest BCUT2D eigenvalue weighted by Crippen LogP contribution is -2.58. The fraction of sp³-hybridized carbons (Fsp3) is 0.571. The van der Waals surface area contributed by atoms with Gasteiger partial charge in [-0.3, -0.25) is 14.6 Å². The van der Waals surface area contributed by atoms with Crippen LogP contribution in [-0.2, 0) is 14.6 Å². The minimum absolute atomic E-state index is 0.0433. The number of piperazine rings is 3. The molecule has 0 spiro atoms. The van der Waals surface area contributed by atoms with Gasteiger partial charge < -0.3 is 4.90 Å². The quantitative estimate of drug-likeness (QED) is 0.268. The molecule has 0 unspecified atom stereocenters. The lowest BCUT2D eigenvalue weighted by molar-refractivity contribution is -0.155. The fourth-order valence-corrected chi connectivity index (χ4v) is 8.53. The van der Waals surface area contributed by atoms with Crippen molar-refractivity contribution in [2.45, 2.75) is 70.7 Å². The molecule has 0 aliphatic carbocycles. The van der Waals surface area contributed by atoms with E-state index >= 15 is 0 Å². The number of hydrogen-bond donors (Lipinski definition) is 0. The molecule has 9 heteroatoms. The van der Waals surface area contributed by atoms with Gasteiger partial charge in [-0.1, -0.05) is 74.3 Å². The number of sulfone groups is 1. The van der Waals surface area contributed by atoms with Crippen LogP contribution < -0.4 is 0 Å². The van der Waals surface area contributed by atoms with E-state index in [1.165, 1.54) is 39.3 Å². The first-order chi connectivity index (χ1) is 20.8. The van der Waals surface area contributed by atoms with Gasteiger partial charge in [-0.25, -0.2) is 8.42 Å². The molecule has 6 rings (SSSR count). The maximum atomic E-state index is 14.4. The zero-order valence-electron chi connectivity index (χ0n) is 26.9. The van der Waals surface area contributed by atoms with Gasteiger partial charge in [0.1, 0.15) is 0 Å². The van der Waals surface area contributed by atoms with Crippen molar-refractivity contribution >= 4 is 38.9 Å². The number of allylic oxidation sites excluding steroid dienone is 1. The summed E-state index contributed by atoms with van der Waals surface area (Å²) in [5.41, 5.74) is 1.21. The summed E-state index contributed by atoms with van der Waals surface area (Å²) in [5, 5.41) is 0.695. The topological polar surface area (TPSA) is 60.9 Å². The number of hydrogen-bond acceptors (Lipinski definition) is 5. The van der Waals surface area contributed by atoms with Crippen LogP contribution in [-0.4, -0.2) is 85.3 Å². The molecule has 0 radical (unpaired) electrons. The molecule has 2 aromatic carbocycles. The van der Waals surface area contributed by atoms with Gasteiger partial charge in [0.15, 0.2) is 9.84 Å². The Morgan fingerprint density at radius 2 is 1.48 bits per heavy atom. The number of halogens is 2. The SMILES string of the molecule is C1CN2CCN1CC2.C=CC[C@@]1(C)C[C@H](c2cccc(Cl)c2)[C@@H](c2ccc(Cl)cc2)N([C@H](CS(=O)(=O)C(C)C)C(C)C)C1=O. The van der Waals surface area contributed by atoms with Gasteiger partial charge in [-0.2, -0.15) is 0 Å². The van der Waals surface area contributed by atoms with Gasteiger partial charge in [-0.05, 0) is 68.0 Å². The summed E-state index contributed by atoms with van der Waals surface area (Å²) < 4.78 is 26.4. The fourth-order valence-electron chi connectivity index (χ4n) is 6.80. The van der Waals surface area contributed by atoms with Crippen LogP contribution in [0.1, 0.15) is 70.5 Å². The van der Waals surface area contributed by atoms with E-state index in [1.807, 2.05) is 74.2 Å². The van der Waals surface area contributed by atoms with Gasteiger partial charge in [0.05, 0.1) is 22.5 Å². The predicted molar refractivity (Wildman–Crippen MR) is 183 cm³/mol. The number of carbonyl (C=O) groups is 1. The van der Waals surface area contributed by atoms with Crippen molar-refractivity contribution in [2.75, 3.05) is 45.0 Å². The minimum atomic E-state index is -3.42. The van der Waals surface area contributed by atoms with Crippen LogP contribution in [0.2, 0.25) is 10.0 Å². The van der Waals surface area contributed by atoms with Crippen LogP contribution in [0.4, 0.5) is 0 Å². The summed E-state index contributed by atoms with van der Waals surface area (Å²) in [4.78, 5) is 21.3. The highest BCUT2D eigenvalue weighted by Crippen LogP contribution is 2.52. The first kappa shape index (κ1) is 35.0. The second-order valence-electron chi connectivity index (χ2n) is 13.5. The Morgan fingerprint density at radius 3 is 1.93 bits per heavy atom. The minimum Gasteiger partial charge on any atom is -0.330 e. The van der Waals surface area contributed by atoms with E-state index in [1.54, 1.807) is 19.9 Å². The molecule has 4 atom stereocenters. The van der Waals surface area contributed by atoms with E-state index in [4.69, 9.17) is 23.2 Å². The number of nitrogens with zero attached hydrogens (tertiary/aromatic N) is 3. The number of benzene rings is 2. The molecule has 4 aliphatic rings. The van der Waals surface area contributed by atoms with Crippen molar-refractivity contribution < 1.29 is 13.2 Å². The number of likely N-dealkylation sites (tertiary alicyclic amines) is 1. The summed E-state index contributed by atoms with van der Waals surface area (Å²) in [6.45, 7) is 21.2. The molecule has 242 valence electrons. The van der Waals surface area contributed by atoms with Gasteiger partial charge >= 0.3 is 0 Å². The van der Waals surface area contributed by atoms with Crippen LogP contribution in [0.25, 0.3) is 0 Å². The molecule has 0 N–H and O–H groups in total. The van der Waals surface area contributed by atoms with E-state index < -0.39 is 26.5 Å². The standard InChI is InChI=1S/C29H37Cl2NO3S.C6H12N2/c1-7-15-29(6)17-25(22-9-8-10-24(31)16-22)27(21-11-13-23(30)14-12-21)32(28(29)33)26(19(2)3)18-36(34,35)20(4)5;1-2-8-5-3-7(1)4-6-8/h7-14,16,19-20,25-27H,1,15,17-18H2,2-6H3;1-6H2/t25-,26-,27-,29+;/m1./s1. The van der Waals surface area contributed by atoms with E-state index in [0.29, 0.717) is 22.9 Å². The maximum absolute atomic E-state index is 14.4. The van der Waals surface area contributed by atoms with E-state index in [-0.39, 0.29) is 29.5 Å².